The van der Waals surface area contributed by atoms with E-state index in [1.807, 2.05) is 30.5 Å². The minimum atomic E-state index is -0.226. The Morgan fingerprint density at radius 2 is 2.05 bits per heavy atom. The molecular formula is C15H10BrClN2O. The number of aromatic amines is 1. The van der Waals surface area contributed by atoms with Crippen molar-refractivity contribution < 1.29 is 4.79 Å². The number of carbonyl (C=O) groups is 1. The highest BCUT2D eigenvalue weighted by Crippen LogP contribution is 2.25. The lowest BCUT2D eigenvalue weighted by atomic mass is 10.2. The average molecular weight is 350 g/mol. The highest BCUT2D eigenvalue weighted by molar-refractivity contribution is 9.10. The number of benzene rings is 2. The summed E-state index contributed by atoms with van der Waals surface area (Å²) in [5, 5.41) is 4.27. The second-order valence-electron chi connectivity index (χ2n) is 4.32. The molecule has 1 aromatic heterocycles. The summed E-state index contributed by atoms with van der Waals surface area (Å²) in [6, 6.07) is 12.8. The average Bonchev–Trinajstić information content (AvgIpc) is 2.87. The minimum absolute atomic E-state index is 0.226. The number of anilines is 1. The Morgan fingerprint density at radius 1 is 1.20 bits per heavy atom. The van der Waals surface area contributed by atoms with Gasteiger partial charge in [0.05, 0.1) is 16.3 Å². The third-order valence-electron chi connectivity index (χ3n) is 3.02. The van der Waals surface area contributed by atoms with E-state index in [2.05, 4.69) is 26.2 Å². The second-order valence-corrected chi connectivity index (χ2v) is 5.65. The molecule has 2 N–H and O–H groups in total. The number of hydrogen-bond acceptors (Lipinski definition) is 1. The number of rotatable bonds is 2. The van der Waals surface area contributed by atoms with Gasteiger partial charge in [0.1, 0.15) is 0 Å². The van der Waals surface area contributed by atoms with Crippen LogP contribution in [0.3, 0.4) is 0 Å². The van der Waals surface area contributed by atoms with Crippen LogP contribution < -0.4 is 5.32 Å². The summed E-state index contributed by atoms with van der Waals surface area (Å²) >= 11 is 9.41. The molecule has 0 radical (unpaired) electrons. The van der Waals surface area contributed by atoms with Crippen LogP contribution in [0.1, 0.15) is 10.4 Å². The molecule has 1 heterocycles. The fraction of sp³-hybridized carbons (Fsp3) is 0. The Hall–Kier alpha value is -1.78. The van der Waals surface area contributed by atoms with Crippen LogP contribution in [0.15, 0.2) is 53.1 Å². The van der Waals surface area contributed by atoms with Crippen molar-refractivity contribution in [3.8, 4) is 0 Å². The highest BCUT2D eigenvalue weighted by Gasteiger charge is 2.12. The van der Waals surface area contributed by atoms with Crippen LogP contribution >= 0.6 is 27.5 Å². The van der Waals surface area contributed by atoms with E-state index < -0.39 is 0 Å². The summed E-state index contributed by atoms with van der Waals surface area (Å²) in [6.45, 7) is 0. The molecule has 0 unspecified atom stereocenters. The first-order valence-electron chi connectivity index (χ1n) is 5.97. The van der Waals surface area contributed by atoms with Gasteiger partial charge in [-0.15, -0.1) is 0 Å². The van der Waals surface area contributed by atoms with Crippen LogP contribution in [-0.4, -0.2) is 10.9 Å². The lowest BCUT2D eigenvalue weighted by Crippen LogP contribution is -2.12. The molecular weight excluding hydrogens is 340 g/mol. The van der Waals surface area contributed by atoms with Crippen molar-refractivity contribution in [2.75, 3.05) is 5.32 Å². The first kappa shape index (κ1) is 13.2. The van der Waals surface area contributed by atoms with Crippen molar-refractivity contribution in [2.45, 2.75) is 0 Å². The van der Waals surface area contributed by atoms with E-state index in [-0.39, 0.29) is 5.91 Å². The van der Waals surface area contributed by atoms with Crippen molar-refractivity contribution in [3.05, 3.63) is 63.7 Å². The number of amides is 1. The number of H-pyrrole nitrogens is 1. The maximum absolute atomic E-state index is 12.3. The van der Waals surface area contributed by atoms with E-state index in [4.69, 9.17) is 11.6 Å². The Balaban J connectivity index is 1.94. The molecule has 0 aliphatic heterocycles. The van der Waals surface area contributed by atoms with E-state index in [0.717, 1.165) is 21.1 Å². The summed E-state index contributed by atoms with van der Waals surface area (Å²) in [6.07, 6.45) is 1.84. The largest absolute Gasteiger partial charge is 0.361 e. The van der Waals surface area contributed by atoms with Gasteiger partial charge in [-0.1, -0.05) is 33.6 Å². The van der Waals surface area contributed by atoms with Gasteiger partial charge in [-0.05, 0) is 36.4 Å². The smallest absolute Gasteiger partial charge is 0.257 e. The number of carbonyl (C=O) groups excluding carboxylic acids is 1. The predicted octanol–water partition coefficient (Wildman–Crippen LogP) is 4.84. The topological polar surface area (TPSA) is 44.9 Å². The summed E-state index contributed by atoms with van der Waals surface area (Å²) in [5.74, 6) is -0.226. The molecule has 0 spiro atoms. The van der Waals surface area contributed by atoms with Gasteiger partial charge in [-0.2, -0.15) is 0 Å². The number of halogens is 2. The van der Waals surface area contributed by atoms with Crippen molar-refractivity contribution >= 4 is 50.0 Å². The summed E-state index contributed by atoms with van der Waals surface area (Å²) < 4.78 is 0.840. The van der Waals surface area contributed by atoms with Gasteiger partial charge in [-0.25, -0.2) is 0 Å². The molecule has 0 bridgehead atoms. The van der Waals surface area contributed by atoms with Crippen molar-refractivity contribution in [1.82, 2.24) is 4.98 Å². The fourth-order valence-electron chi connectivity index (χ4n) is 2.06. The number of aromatic nitrogens is 1. The van der Waals surface area contributed by atoms with Crippen LogP contribution in [0.25, 0.3) is 10.9 Å². The summed E-state index contributed by atoms with van der Waals surface area (Å²) in [4.78, 5) is 15.4. The molecule has 0 fully saturated rings. The monoisotopic (exact) mass is 348 g/mol. The van der Waals surface area contributed by atoms with Gasteiger partial charge in [0.2, 0.25) is 0 Å². The van der Waals surface area contributed by atoms with Crippen molar-refractivity contribution in [1.29, 1.82) is 0 Å². The normalized spacial score (nSPS) is 10.7. The SMILES string of the molecule is O=C(Nc1cccc2[nH]ccc12)c1ccc(Br)cc1Cl. The van der Waals surface area contributed by atoms with Crippen LogP contribution in [-0.2, 0) is 0 Å². The second kappa shape index (κ2) is 5.31. The van der Waals surface area contributed by atoms with Gasteiger partial charge in [-0.3, -0.25) is 4.79 Å². The number of hydrogen-bond donors (Lipinski definition) is 2. The van der Waals surface area contributed by atoms with Crippen LogP contribution in [0.5, 0.6) is 0 Å². The van der Waals surface area contributed by atoms with E-state index in [1.165, 1.54) is 0 Å². The molecule has 0 saturated heterocycles. The minimum Gasteiger partial charge on any atom is -0.361 e. The zero-order chi connectivity index (χ0) is 14.1. The predicted molar refractivity (Wildman–Crippen MR) is 85.4 cm³/mol. The van der Waals surface area contributed by atoms with Gasteiger partial charge in [0.15, 0.2) is 0 Å². The Bertz CT molecular complexity index is 797. The third kappa shape index (κ3) is 2.44. The standard InChI is InChI=1S/C15H10BrClN2O/c16-9-4-5-10(12(17)8-9)15(20)19-14-3-1-2-13-11(14)6-7-18-13/h1-8,18H,(H,19,20). The molecule has 3 nitrogen and oxygen atoms in total. The van der Waals surface area contributed by atoms with E-state index in [9.17, 15) is 4.79 Å². The summed E-state index contributed by atoms with van der Waals surface area (Å²) in [5.41, 5.74) is 2.18. The molecule has 5 heteroatoms. The van der Waals surface area contributed by atoms with Gasteiger partial charge < -0.3 is 10.3 Å². The maximum Gasteiger partial charge on any atom is 0.257 e. The molecule has 100 valence electrons. The fourth-order valence-corrected chi connectivity index (χ4v) is 2.82. The summed E-state index contributed by atoms with van der Waals surface area (Å²) in [7, 11) is 0. The molecule has 3 rings (SSSR count). The van der Waals surface area contributed by atoms with Crippen LogP contribution in [0.2, 0.25) is 5.02 Å². The molecule has 20 heavy (non-hydrogen) atoms. The first-order valence-corrected chi connectivity index (χ1v) is 7.15. The molecule has 0 saturated carbocycles. The van der Waals surface area contributed by atoms with Gasteiger partial charge in [0.25, 0.3) is 5.91 Å². The number of nitrogens with one attached hydrogen (secondary N) is 2. The van der Waals surface area contributed by atoms with Crippen LogP contribution in [0, 0.1) is 0 Å². The molecule has 1 amide bonds. The van der Waals surface area contributed by atoms with Crippen molar-refractivity contribution in [3.63, 3.8) is 0 Å². The lowest BCUT2D eigenvalue weighted by Gasteiger charge is -2.08. The molecule has 0 atom stereocenters. The highest BCUT2D eigenvalue weighted by atomic mass is 79.9. The number of fused-ring (bicyclic) bond motifs is 1. The first-order chi connectivity index (χ1) is 9.65. The van der Waals surface area contributed by atoms with Crippen molar-refractivity contribution in [2.24, 2.45) is 0 Å². The molecule has 3 aromatic rings. The third-order valence-corrected chi connectivity index (χ3v) is 3.82. The van der Waals surface area contributed by atoms with E-state index >= 15 is 0 Å². The Labute approximate surface area is 129 Å². The van der Waals surface area contributed by atoms with Crippen LogP contribution in [0.4, 0.5) is 5.69 Å². The quantitative estimate of drug-likeness (QED) is 0.683. The van der Waals surface area contributed by atoms with Gasteiger partial charge in [0, 0.05) is 21.6 Å². The Kier molecular flexibility index (Phi) is 3.51. The molecule has 0 aliphatic carbocycles. The zero-order valence-corrected chi connectivity index (χ0v) is 12.6. The lowest BCUT2D eigenvalue weighted by molar-refractivity contribution is 0.102. The maximum atomic E-state index is 12.3. The van der Waals surface area contributed by atoms with Gasteiger partial charge >= 0.3 is 0 Å². The Morgan fingerprint density at radius 3 is 2.85 bits per heavy atom. The molecule has 0 aliphatic rings. The van der Waals surface area contributed by atoms with E-state index in [0.29, 0.717) is 10.6 Å². The molecule has 2 aromatic carbocycles. The van der Waals surface area contributed by atoms with E-state index in [1.54, 1.807) is 18.2 Å². The zero-order valence-electron chi connectivity index (χ0n) is 10.3.